The van der Waals surface area contributed by atoms with Crippen LogP contribution in [-0.4, -0.2) is 21.4 Å². The van der Waals surface area contributed by atoms with Crippen LogP contribution >= 0.6 is 0 Å². The van der Waals surface area contributed by atoms with Crippen molar-refractivity contribution in [2.75, 3.05) is 11.9 Å². The molecule has 0 aliphatic heterocycles. The monoisotopic (exact) mass is 454 g/mol. The van der Waals surface area contributed by atoms with E-state index in [9.17, 15) is 13.2 Å². The van der Waals surface area contributed by atoms with E-state index < -0.39 is 11.7 Å². The van der Waals surface area contributed by atoms with E-state index in [0.29, 0.717) is 19.0 Å². The zero-order valence-electron chi connectivity index (χ0n) is 18.9. The van der Waals surface area contributed by atoms with Gasteiger partial charge in [0, 0.05) is 34.4 Å². The molecule has 4 aromatic rings. The lowest BCUT2D eigenvalue weighted by atomic mass is 10.1. The van der Waals surface area contributed by atoms with Crippen LogP contribution in [0.1, 0.15) is 35.1 Å². The van der Waals surface area contributed by atoms with Crippen LogP contribution in [0, 0.1) is 20.8 Å². The van der Waals surface area contributed by atoms with Gasteiger partial charge in [-0.3, -0.25) is 0 Å². The average Bonchev–Trinajstić information content (AvgIpc) is 3.05. The Morgan fingerprint density at radius 2 is 1.52 bits per heavy atom. The van der Waals surface area contributed by atoms with Crippen molar-refractivity contribution in [3.8, 4) is 11.4 Å². The number of hydrogen-bond donors (Lipinski definition) is 1. The number of ether oxygens (including phenoxy) is 1. The lowest BCUT2D eigenvalue weighted by molar-refractivity contribution is -0.137. The predicted molar refractivity (Wildman–Crippen MR) is 123 cm³/mol. The second kappa shape index (κ2) is 8.77. The molecule has 0 atom stereocenters. The van der Waals surface area contributed by atoms with E-state index in [2.05, 4.69) is 20.1 Å². The van der Waals surface area contributed by atoms with E-state index in [-0.39, 0.29) is 0 Å². The third-order valence-electron chi connectivity index (χ3n) is 5.69. The van der Waals surface area contributed by atoms with Crippen LogP contribution in [0.3, 0.4) is 0 Å². The number of anilines is 1. The maximum atomic E-state index is 12.8. The predicted octanol–water partition coefficient (Wildman–Crippen LogP) is 6.38. The number of hydrogen-bond acceptors (Lipinski definition) is 4. The molecule has 0 aliphatic rings. The summed E-state index contributed by atoms with van der Waals surface area (Å²) >= 11 is 0. The Balaban J connectivity index is 1.69. The highest BCUT2D eigenvalue weighted by Crippen LogP contribution is 2.35. The molecule has 0 spiro atoms. The van der Waals surface area contributed by atoms with Crippen LogP contribution in [0.4, 0.5) is 19.0 Å². The maximum absolute atomic E-state index is 12.8. The highest BCUT2D eigenvalue weighted by molar-refractivity contribution is 5.98. The number of benzene rings is 2. The van der Waals surface area contributed by atoms with E-state index in [1.165, 1.54) is 12.1 Å². The number of aromatic nitrogens is 3. The van der Waals surface area contributed by atoms with Crippen LogP contribution in [0.2, 0.25) is 0 Å². The van der Waals surface area contributed by atoms with E-state index in [1.807, 2.05) is 52.0 Å². The molecule has 4 rings (SSSR count). The Labute approximate surface area is 190 Å². The number of fused-ring (bicyclic) bond motifs is 1. The third kappa shape index (κ3) is 4.37. The molecule has 0 fully saturated rings. The quantitative estimate of drug-likeness (QED) is 0.368. The zero-order valence-corrected chi connectivity index (χ0v) is 18.9. The largest absolute Gasteiger partial charge is 0.494 e. The van der Waals surface area contributed by atoms with Crippen molar-refractivity contribution in [3.05, 3.63) is 76.7 Å². The van der Waals surface area contributed by atoms with Gasteiger partial charge in [0.05, 0.1) is 17.9 Å². The fourth-order valence-corrected chi connectivity index (χ4v) is 4.16. The molecule has 1 N–H and O–H groups in total. The zero-order chi connectivity index (χ0) is 23.8. The molecule has 33 heavy (non-hydrogen) atoms. The minimum atomic E-state index is -4.35. The summed E-state index contributed by atoms with van der Waals surface area (Å²) in [7, 11) is 0. The van der Waals surface area contributed by atoms with E-state index in [4.69, 9.17) is 4.74 Å². The van der Waals surface area contributed by atoms with Gasteiger partial charge in [0.15, 0.2) is 5.82 Å². The van der Waals surface area contributed by atoms with Gasteiger partial charge in [0.2, 0.25) is 0 Å². The molecule has 0 unspecified atom stereocenters. The molecular weight excluding hydrogens is 429 g/mol. The summed E-state index contributed by atoms with van der Waals surface area (Å²) < 4.78 is 46.2. The molecular formula is C25H25F3N4O. The lowest BCUT2D eigenvalue weighted by Crippen LogP contribution is -2.07. The lowest BCUT2D eigenvalue weighted by Gasteiger charge is -2.11. The number of halogens is 3. The Bertz CT molecular complexity index is 1280. The second-order valence-electron chi connectivity index (χ2n) is 7.87. The molecule has 5 nitrogen and oxygen atoms in total. The number of alkyl halides is 3. The third-order valence-corrected chi connectivity index (χ3v) is 5.69. The van der Waals surface area contributed by atoms with Crippen molar-refractivity contribution < 1.29 is 17.9 Å². The molecule has 2 heterocycles. The molecule has 0 bridgehead atoms. The standard InChI is InChI=1S/C25H25F3N4O/c1-5-33-21-12-10-20(11-13-21)32-16(3)22-15(2)30-31-24(23(22)17(32)4)29-14-18-6-8-19(9-7-18)25(26,27)28/h6-13H,5,14H2,1-4H3,(H,29,31). The summed E-state index contributed by atoms with van der Waals surface area (Å²) in [6, 6.07) is 13.0. The smallest absolute Gasteiger partial charge is 0.416 e. The summed E-state index contributed by atoms with van der Waals surface area (Å²) in [5.41, 5.74) is 3.91. The summed E-state index contributed by atoms with van der Waals surface area (Å²) in [5, 5.41) is 13.9. The molecule has 0 radical (unpaired) electrons. The van der Waals surface area contributed by atoms with Crippen molar-refractivity contribution in [2.24, 2.45) is 0 Å². The first-order chi connectivity index (χ1) is 15.7. The first-order valence-corrected chi connectivity index (χ1v) is 10.7. The van der Waals surface area contributed by atoms with Crippen LogP contribution in [0.5, 0.6) is 5.75 Å². The van der Waals surface area contributed by atoms with E-state index in [1.54, 1.807) is 0 Å². The van der Waals surface area contributed by atoms with E-state index in [0.717, 1.165) is 57.0 Å². The number of nitrogens with one attached hydrogen (secondary N) is 1. The molecule has 0 saturated heterocycles. The topological polar surface area (TPSA) is 52.0 Å². The average molecular weight is 454 g/mol. The van der Waals surface area contributed by atoms with Gasteiger partial charge in [-0.25, -0.2) is 0 Å². The molecule has 0 saturated carbocycles. The maximum Gasteiger partial charge on any atom is 0.416 e. The van der Waals surface area contributed by atoms with Crippen molar-refractivity contribution in [3.63, 3.8) is 0 Å². The van der Waals surface area contributed by atoms with Gasteiger partial charge in [-0.2, -0.15) is 18.3 Å². The van der Waals surface area contributed by atoms with Gasteiger partial charge in [0.1, 0.15) is 5.75 Å². The fraction of sp³-hybridized carbons (Fsp3) is 0.280. The Morgan fingerprint density at radius 3 is 2.12 bits per heavy atom. The fourth-order valence-electron chi connectivity index (χ4n) is 4.16. The van der Waals surface area contributed by atoms with Gasteiger partial charge >= 0.3 is 6.18 Å². The van der Waals surface area contributed by atoms with Crippen LogP contribution in [0.25, 0.3) is 16.5 Å². The number of rotatable bonds is 6. The summed E-state index contributed by atoms with van der Waals surface area (Å²) in [6.07, 6.45) is -4.35. The Hall–Kier alpha value is -3.55. The van der Waals surface area contributed by atoms with Crippen molar-refractivity contribution in [1.82, 2.24) is 14.8 Å². The van der Waals surface area contributed by atoms with Crippen molar-refractivity contribution >= 4 is 16.6 Å². The second-order valence-corrected chi connectivity index (χ2v) is 7.87. The first-order valence-electron chi connectivity index (χ1n) is 10.7. The molecule has 8 heteroatoms. The van der Waals surface area contributed by atoms with Crippen LogP contribution in [-0.2, 0) is 12.7 Å². The normalized spacial score (nSPS) is 11.7. The highest BCUT2D eigenvalue weighted by Gasteiger charge is 2.30. The molecule has 2 aromatic carbocycles. The molecule has 0 aliphatic carbocycles. The minimum Gasteiger partial charge on any atom is -0.494 e. The van der Waals surface area contributed by atoms with Crippen molar-refractivity contribution in [2.45, 2.75) is 40.4 Å². The summed E-state index contributed by atoms with van der Waals surface area (Å²) in [4.78, 5) is 0. The van der Waals surface area contributed by atoms with Crippen molar-refractivity contribution in [1.29, 1.82) is 0 Å². The Morgan fingerprint density at radius 1 is 0.879 bits per heavy atom. The Kier molecular flexibility index (Phi) is 6.01. The first kappa shape index (κ1) is 22.6. The van der Waals surface area contributed by atoms with Gasteiger partial charge in [-0.1, -0.05) is 12.1 Å². The van der Waals surface area contributed by atoms with Crippen LogP contribution in [0.15, 0.2) is 48.5 Å². The SMILES string of the molecule is CCOc1ccc(-n2c(C)c3c(C)nnc(NCc4ccc(C(F)(F)F)cc4)c3c2C)cc1. The van der Waals surface area contributed by atoms with Gasteiger partial charge in [0.25, 0.3) is 0 Å². The molecule has 0 amide bonds. The minimum absolute atomic E-state index is 0.331. The molecule has 2 aromatic heterocycles. The van der Waals surface area contributed by atoms with E-state index >= 15 is 0 Å². The van der Waals surface area contributed by atoms with Gasteiger partial charge in [-0.05, 0) is 69.7 Å². The summed E-state index contributed by atoms with van der Waals surface area (Å²) in [5.74, 6) is 1.41. The van der Waals surface area contributed by atoms with Gasteiger partial charge in [-0.15, -0.1) is 5.10 Å². The number of aryl methyl sites for hydroxylation is 3. The highest BCUT2D eigenvalue weighted by atomic mass is 19.4. The molecule has 172 valence electrons. The van der Waals surface area contributed by atoms with Crippen LogP contribution < -0.4 is 10.1 Å². The van der Waals surface area contributed by atoms with Gasteiger partial charge < -0.3 is 14.6 Å². The number of nitrogens with zero attached hydrogens (tertiary/aromatic N) is 3. The summed E-state index contributed by atoms with van der Waals surface area (Å²) in [6.45, 7) is 8.87.